The van der Waals surface area contributed by atoms with Gasteiger partial charge in [0.15, 0.2) is 0 Å². The lowest BCUT2D eigenvalue weighted by Gasteiger charge is -2.14. The van der Waals surface area contributed by atoms with Crippen LogP contribution in [0.4, 0.5) is 0 Å². The van der Waals surface area contributed by atoms with Crippen LogP contribution in [0.25, 0.3) is 0 Å². The van der Waals surface area contributed by atoms with Crippen molar-refractivity contribution in [1.29, 1.82) is 0 Å². The predicted molar refractivity (Wildman–Crippen MR) is 51.6 cm³/mol. The first-order valence-corrected chi connectivity index (χ1v) is 5.10. The number of carbonyl (C=O) groups excluding carboxylic acids is 2. The molecule has 0 aromatic heterocycles. The number of carbonyl (C=O) groups is 2. The number of likely N-dealkylation sites (tertiary alicyclic amines) is 1. The molecule has 1 fully saturated rings. The van der Waals surface area contributed by atoms with E-state index in [4.69, 9.17) is 4.74 Å². The van der Waals surface area contributed by atoms with Gasteiger partial charge in [0.2, 0.25) is 5.91 Å². The molecule has 4 heteroatoms. The van der Waals surface area contributed by atoms with Crippen molar-refractivity contribution >= 4 is 11.9 Å². The van der Waals surface area contributed by atoms with Crippen LogP contribution in [0, 0.1) is 5.92 Å². The molecule has 0 spiro atoms. The van der Waals surface area contributed by atoms with Gasteiger partial charge in [0.25, 0.3) is 0 Å². The van der Waals surface area contributed by atoms with Gasteiger partial charge in [-0.3, -0.25) is 9.59 Å². The van der Waals surface area contributed by atoms with Crippen LogP contribution in [0.1, 0.15) is 26.7 Å². The monoisotopic (exact) mass is 199 g/mol. The summed E-state index contributed by atoms with van der Waals surface area (Å²) < 4.78 is 4.79. The molecule has 1 rings (SSSR count). The van der Waals surface area contributed by atoms with E-state index < -0.39 is 0 Å². The molecule has 1 atom stereocenters. The number of ether oxygens (including phenoxy) is 1. The van der Waals surface area contributed by atoms with Gasteiger partial charge < -0.3 is 9.64 Å². The van der Waals surface area contributed by atoms with Crippen LogP contribution in [0.2, 0.25) is 0 Å². The Labute approximate surface area is 84.2 Å². The van der Waals surface area contributed by atoms with E-state index in [-0.39, 0.29) is 18.4 Å². The maximum Gasteiger partial charge on any atom is 0.325 e. The first-order chi connectivity index (χ1) is 6.67. The molecule has 0 N–H and O–H groups in total. The molecule has 80 valence electrons. The molecule has 4 nitrogen and oxygen atoms in total. The van der Waals surface area contributed by atoms with Crippen LogP contribution >= 0.6 is 0 Å². The van der Waals surface area contributed by atoms with Gasteiger partial charge >= 0.3 is 5.97 Å². The Kier molecular flexibility index (Phi) is 3.92. The summed E-state index contributed by atoms with van der Waals surface area (Å²) in [6, 6.07) is 0. The molecule has 14 heavy (non-hydrogen) atoms. The molecule has 1 unspecified atom stereocenters. The van der Waals surface area contributed by atoms with Crippen LogP contribution < -0.4 is 0 Å². The number of esters is 1. The standard InChI is InChI=1S/C10H17NO3/c1-3-8-5-9(12)11(6-8)7-10(13)14-4-2/h8H,3-7H2,1-2H3. The number of amides is 1. The van der Waals surface area contributed by atoms with Gasteiger partial charge in [-0.05, 0) is 12.8 Å². The van der Waals surface area contributed by atoms with Crippen LogP contribution in [-0.4, -0.2) is 36.5 Å². The van der Waals surface area contributed by atoms with Gasteiger partial charge in [-0.25, -0.2) is 0 Å². The Bertz CT molecular complexity index is 227. The van der Waals surface area contributed by atoms with E-state index in [9.17, 15) is 9.59 Å². The SMILES string of the molecule is CCOC(=O)CN1CC(CC)CC1=O. The van der Waals surface area contributed by atoms with E-state index >= 15 is 0 Å². The van der Waals surface area contributed by atoms with Gasteiger partial charge in [0, 0.05) is 13.0 Å². The molecule has 1 aliphatic rings. The third-order valence-corrected chi connectivity index (χ3v) is 2.50. The fourth-order valence-corrected chi connectivity index (χ4v) is 1.64. The van der Waals surface area contributed by atoms with Crippen LogP contribution in [0.15, 0.2) is 0 Å². The van der Waals surface area contributed by atoms with Gasteiger partial charge in [-0.1, -0.05) is 13.3 Å². The van der Waals surface area contributed by atoms with Crippen molar-refractivity contribution in [3.05, 3.63) is 0 Å². The van der Waals surface area contributed by atoms with Crippen molar-refractivity contribution in [1.82, 2.24) is 4.90 Å². The summed E-state index contributed by atoms with van der Waals surface area (Å²) in [6.45, 7) is 5.01. The third kappa shape index (κ3) is 2.72. The van der Waals surface area contributed by atoms with Crippen molar-refractivity contribution < 1.29 is 14.3 Å². The predicted octanol–water partition coefficient (Wildman–Crippen LogP) is 0.808. The van der Waals surface area contributed by atoms with Gasteiger partial charge in [-0.2, -0.15) is 0 Å². The fraction of sp³-hybridized carbons (Fsp3) is 0.800. The Morgan fingerprint density at radius 2 is 2.29 bits per heavy atom. The first kappa shape index (κ1) is 11.0. The van der Waals surface area contributed by atoms with Crippen LogP contribution in [-0.2, 0) is 14.3 Å². The molecule has 0 saturated carbocycles. The summed E-state index contributed by atoms with van der Waals surface area (Å²) in [5.74, 6) is 0.180. The van der Waals surface area contributed by atoms with E-state index in [1.807, 2.05) is 0 Å². The number of hydrogen-bond donors (Lipinski definition) is 0. The maximum atomic E-state index is 11.4. The Morgan fingerprint density at radius 3 is 2.79 bits per heavy atom. The normalized spacial score (nSPS) is 21.4. The second-order valence-corrected chi connectivity index (χ2v) is 3.56. The Hall–Kier alpha value is -1.06. The highest BCUT2D eigenvalue weighted by atomic mass is 16.5. The van der Waals surface area contributed by atoms with E-state index in [0.717, 1.165) is 6.42 Å². The molecular weight excluding hydrogens is 182 g/mol. The highest BCUT2D eigenvalue weighted by molar-refractivity contribution is 5.83. The quantitative estimate of drug-likeness (QED) is 0.629. The molecule has 0 aromatic rings. The van der Waals surface area contributed by atoms with E-state index in [0.29, 0.717) is 25.5 Å². The van der Waals surface area contributed by atoms with Crippen molar-refractivity contribution in [2.24, 2.45) is 5.92 Å². The average molecular weight is 199 g/mol. The van der Waals surface area contributed by atoms with Crippen LogP contribution in [0.3, 0.4) is 0 Å². The summed E-state index contributed by atoms with van der Waals surface area (Å²) >= 11 is 0. The van der Waals surface area contributed by atoms with Gasteiger partial charge in [0.1, 0.15) is 6.54 Å². The minimum absolute atomic E-state index is 0.0740. The number of rotatable bonds is 4. The minimum atomic E-state index is -0.308. The first-order valence-electron chi connectivity index (χ1n) is 5.10. The highest BCUT2D eigenvalue weighted by Gasteiger charge is 2.29. The van der Waals surface area contributed by atoms with E-state index in [2.05, 4.69) is 6.92 Å². The van der Waals surface area contributed by atoms with Crippen molar-refractivity contribution in [3.63, 3.8) is 0 Å². The second kappa shape index (κ2) is 4.98. The van der Waals surface area contributed by atoms with Crippen LogP contribution in [0.5, 0.6) is 0 Å². The highest BCUT2D eigenvalue weighted by Crippen LogP contribution is 2.19. The summed E-state index contributed by atoms with van der Waals surface area (Å²) in [5, 5.41) is 0. The summed E-state index contributed by atoms with van der Waals surface area (Å²) in [6.07, 6.45) is 1.57. The molecule has 1 amide bonds. The topological polar surface area (TPSA) is 46.6 Å². The summed E-state index contributed by atoms with van der Waals surface area (Å²) in [7, 11) is 0. The maximum absolute atomic E-state index is 11.4. The lowest BCUT2D eigenvalue weighted by atomic mass is 10.1. The van der Waals surface area contributed by atoms with Crippen molar-refractivity contribution in [2.45, 2.75) is 26.7 Å². The third-order valence-electron chi connectivity index (χ3n) is 2.50. The van der Waals surface area contributed by atoms with E-state index in [1.54, 1.807) is 11.8 Å². The van der Waals surface area contributed by atoms with Gasteiger partial charge in [-0.15, -0.1) is 0 Å². The molecule has 0 aromatic carbocycles. The summed E-state index contributed by atoms with van der Waals surface area (Å²) in [4.78, 5) is 24.1. The number of hydrogen-bond acceptors (Lipinski definition) is 3. The van der Waals surface area contributed by atoms with Crippen molar-refractivity contribution in [2.75, 3.05) is 19.7 Å². The molecule has 1 heterocycles. The lowest BCUT2D eigenvalue weighted by Crippen LogP contribution is -2.32. The van der Waals surface area contributed by atoms with E-state index in [1.165, 1.54) is 0 Å². The smallest absolute Gasteiger partial charge is 0.325 e. The Morgan fingerprint density at radius 1 is 1.57 bits per heavy atom. The Balaban J connectivity index is 2.38. The molecule has 1 aliphatic heterocycles. The molecular formula is C10H17NO3. The fourth-order valence-electron chi connectivity index (χ4n) is 1.64. The second-order valence-electron chi connectivity index (χ2n) is 3.56. The average Bonchev–Trinajstić information content (AvgIpc) is 2.48. The molecule has 1 saturated heterocycles. The zero-order valence-corrected chi connectivity index (χ0v) is 8.78. The number of nitrogens with zero attached hydrogens (tertiary/aromatic N) is 1. The largest absolute Gasteiger partial charge is 0.465 e. The lowest BCUT2D eigenvalue weighted by molar-refractivity contribution is -0.147. The zero-order valence-electron chi connectivity index (χ0n) is 8.78. The summed E-state index contributed by atoms with van der Waals surface area (Å²) in [5.41, 5.74) is 0. The zero-order chi connectivity index (χ0) is 10.6. The molecule has 0 bridgehead atoms. The molecule has 0 aliphatic carbocycles. The van der Waals surface area contributed by atoms with Gasteiger partial charge in [0.05, 0.1) is 6.61 Å². The van der Waals surface area contributed by atoms with Crippen molar-refractivity contribution in [3.8, 4) is 0 Å². The minimum Gasteiger partial charge on any atom is -0.465 e. The molecule has 0 radical (unpaired) electrons.